The lowest BCUT2D eigenvalue weighted by molar-refractivity contribution is 0.314. The standard InChI is InChI=1S/C19H27N5/c1-22(2)19-11-15(7-9-20-19)12-23-10-8-16(13-23)24-14-21-17-5-3-4-6-18(17)24/h7,9,11,14,16H,3-6,8,10,12-13H2,1-2H3/t16-/m0/s1. The Bertz CT molecular complexity index is 706. The van der Waals surface area contributed by atoms with Crippen molar-refractivity contribution in [3.63, 3.8) is 0 Å². The molecule has 1 saturated heterocycles. The normalized spacial score (nSPS) is 21.0. The SMILES string of the molecule is CN(C)c1cc(CN2CC[C@H](n3cnc4c3CCCC4)C2)ccn1. The second-order valence-corrected chi connectivity index (χ2v) is 7.35. The van der Waals surface area contributed by atoms with Crippen LogP contribution in [-0.4, -0.2) is 46.6 Å². The minimum atomic E-state index is 0.592. The summed E-state index contributed by atoms with van der Waals surface area (Å²) in [4.78, 5) is 13.7. The molecule has 24 heavy (non-hydrogen) atoms. The molecule has 1 fully saturated rings. The van der Waals surface area contributed by atoms with Gasteiger partial charge in [-0.1, -0.05) is 0 Å². The Kier molecular flexibility index (Phi) is 4.27. The van der Waals surface area contributed by atoms with Gasteiger partial charge in [-0.3, -0.25) is 4.90 Å². The zero-order valence-electron chi connectivity index (χ0n) is 14.8. The van der Waals surface area contributed by atoms with Crippen LogP contribution in [0.2, 0.25) is 0 Å². The second kappa shape index (κ2) is 6.55. The van der Waals surface area contributed by atoms with Crippen molar-refractivity contribution in [3.8, 4) is 0 Å². The maximum absolute atomic E-state index is 4.67. The van der Waals surface area contributed by atoms with E-state index in [0.717, 1.165) is 25.5 Å². The van der Waals surface area contributed by atoms with Crippen molar-refractivity contribution in [2.24, 2.45) is 0 Å². The van der Waals surface area contributed by atoms with E-state index in [1.807, 2.05) is 20.3 Å². The van der Waals surface area contributed by atoms with Crippen LogP contribution in [0, 0.1) is 0 Å². The van der Waals surface area contributed by atoms with Crippen LogP contribution in [0.5, 0.6) is 0 Å². The number of hydrogen-bond acceptors (Lipinski definition) is 4. The van der Waals surface area contributed by atoms with Gasteiger partial charge in [0.2, 0.25) is 0 Å². The highest BCUT2D eigenvalue weighted by atomic mass is 15.2. The summed E-state index contributed by atoms with van der Waals surface area (Å²) in [5.74, 6) is 1.03. The summed E-state index contributed by atoms with van der Waals surface area (Å²) in [6.07, 6.45) is 10.3. The highest BCUT2D eigenvalue weighted by Gasteiger charge is 2.27. The van der Waals surface area contributed by atoms with Crippen molar-refractivity contribution in [2.75, 3.05) is 32.1 Å². The van der Waals surface area contributed by atoms with E-state index >= 15 is 0 Å². The lowest BCUT2D eigenvalue weighted by atomic mass is 10.0. The Hall–Kier alpha value is -1.88. The molecule has 0 unspecified atom stereocenters. The first-order chi connectivity index (χ1) is 11.7. The Morgan fingerprint density at radius 3 is 2.96 bits per heavy atom. The summed E-state index contributed by atoms with van der Waals surface area (Å²) < 4.78 is 2.48. The molecule has 0 saturated carbocycles. The first-order valence-electron chi connectivity index (χ1n) is 9.10. The summed E-state index contributed by atoms with van der Waals surface area (Å²) in [5.41, 5.74) is 4.21. The molecule has 0 aromatic carbocycles. The van der Waals surface area contributed by atoms with Crippen LogP contribution in [0.4, 0.5) is 5.82 Å². The molecule has 5 heteroatoms. The molecule has 1 atom stereocenters. The first-order valence-corrected chi connectivity index (χ1v) is 9.10. The van der Waals surface area contributed by atoms with Crippen molar-refractivity contribution in [3.05, 3.63) is 41.6 Å². The topological polar surface area (TPSA) is 37.2 Å². The largest absolute Gasteiger partial charge is 0.363 e. The number of aromatic nitrogens is 3. The van der Waals surface area contributed by atoms with Crippen LogP contribution < -0.4 is 4.90 Å². The third-order valence-electron chi connectivity index (χ3n) is 5.38. The number of imidazole rings is 1. The number of anilines is 1. The first kappa shape index (κ1) is 15.6. The van der Waals surface area contributed by atoms with E-state index in [2.05, 4.69) is 42.8 Å². The Balaban J connectivity index is 1.43. The van der Waals surface area contributed by atoms with Gasteiger partial charge in [0.1, 0.15) is 5.82 Å². The molecule has 0 bridgehead atoms. The maximum Gasteiger partial charge on any atom is 0.128 e. The summed E-state index contributed by atoms with van der Waals surface area (Å²) in [6, 6.07) is 4.93. The van der Waals surface area contributed by atoms with E-state index in [4.69, 9.17) is 0 Å². The molecule has 3 heterocycles. The lowest BCUT2D eigenvalue weighted by Gasteiger charge is -2.20. The fourth-order valence-corrected chi connectivity index (χ4v) is 4.05. The van der Waals surface area contributed by atoms with E-state index in [1.165, 1.54) is 49.1 Å². The Labute approximate surface area is 144 Å². The molecule has 0 radical (unpaired) electrons. The molecule has 2 aromatic rings. The molecule has 2 aliphatic rings. The molecular formula is C19H27N5. The number of aryl methyl sites for hydroxylation is 1. The van der Waals surface area contributed by atoms with Crippen LogP contribution in [-0.2, 0) is 19.4 Å². The number of nitrogens with zero attached hydrogens (tertiary/aromatic N) is 5. The van der Waals surface area contributed by atoms with Gasteiger partial charge in [0.05, 0.1) is 12.0 Å². The molecule has 1 aliphatic carbocycles. The number of fused-ring (bicyclic) bond motifs is 1. The number of hydrogen-bond donors (Lipinski definition) is 0. The predicted molar refractivity (Wildman–Crippen MR) is 96.4 cm³/mol. The van der Waals surface area contributed by atoms with E-state index in [1.54, 1.807) is 0 Å². The monoisotopic (exact) mass is 325 g/mol. The third kappa shape index (κ3) is 3.05. The Morgan fingerprint density at radius 1 is 1.21 bits per heavy atom. The van der Waals surface area contributed by atoms with Crippen molar-refractivity contribution in [2.45, 2.75) is 44.7 Å². The van der Waals surface area contributed by atoms with Gasteiger partial charge in [0.15, 0.2) is 0 Å². The summed E-state index contributed by atoms with van der Waals surface area (Å²) in [5, 5.41) is 0. The average Bonchev–Trinajstić information content (AvgIpc) is 3.21. The molecule has 0 amide bonds. The fraction of sp³-hybridized carbons (Fsp3) is 0.579. The van der Waals surface area contributed by atoms with Gasteiger partial charge in [-0.05, 0) is 49.8 Å². The van der Waals surface area contributed by atoms with Crippen LogP contribution in [0.3, 0.4) is 0 Å². The van der Waals surface area contributed by atoms with Gasteiger partial charge >= 0.3 is 0 Å². The minimum absolute atomic E-state index is 0.592. The smallest absolute Gasteiger partial charge is 0.128 e. The van der Waals surface area contributed by atoms with E-state index < -0.39 is 0 Å². The van der Waals surface area contributed by atoms with Crippen molar-refractivity contribution in [1.29, 1.82) is 0 Å². The summed E-state index contributed by atoms with van der Waals surface area (Å²) >= 11 is 0. The van der Waals surface area contributed by atoms with E-state index in [9.17, 15) is 0 Å². The molecule has 4 rings (SSSR count). The van der Waals surface area contributed by atoms with Crippen molar-refractivity contribution < 1.29 is 0 Å². The zero-order valence-corrected chi connectivity index (χ0v) is 14.8. The lowest BCUT2D eigenvalue weighted by Crippen LogP contribution is -2.22. The minimum Gasteiger partial charge on any atom is -0.363 e. The molecule has 1 aliphatic heterocycles. The van der Waals surface area contributed by atoms with Crippen molar-refractivity contribution >= 4 is 5.82 Å². The molecule has 2 aromatic heterocycles. The van der Waals surface area contributed by atoms with Gasteiger partial charge < -0.3 is 9.47 Å². The van der Waals surface area contributed by atoms with Gasteiger partial charge in [-0.25, -0.2) is 9.97 Å². The number of likely N-dealkylation sites (tertiary alicyclic amines) is 1. The summed E-state index contributed by atoms with van der Waals surface area (Å²) in [6.45, 7) is 3.30. The molecule has 128 valence electrons. The molecule has 0 spiro atoms. The quantitative estimate of drug-likeness (QED) is 0.866. The Morgan fingerprint density at radius 2 is 2.08 bits per heavy atom. The second-order valence-electron chi connectivity index (χ2n) is 7.35. The van der Waals surface area contributed by atoms with Gasteiger partial charge in [0.25, 0.3) is 0 Å². The van der Waals surface area contributed by atoms with Gasteiger partial charge in [-0.15, -0.1) is 0 Å². The van der Waals surface area contributed by atoms with Crippen LogP contribution >= 0.6 is 0 Å². The van der Waals surface area contributed by atoms with Crippen LogP contribution in [0.25, 0.3) is 0 Å². The van der Waals surface area contributed by atoms with Gasteiger partial charge in [0, 0.05) is 51.7 Å². The average molecular weight is 325 g/mol. The van der Waals surface area contributed by atoms with E-state index in [0.29, 0.717) is 6.04 Å². The zero-order chi connectivity index (χ0) is 16.5. The van der Waals surface area contributed by atoms with Crippen molar-refractivity contribution in [1.82, 2.24) is 19.4 Å². The van der Waals surface area contributed by atoms with E-state index in [-0.39, 0.29) is 0 Å². The highest BCUT2D eigenvalue weighted by molar-refractivity contribution is 5.39. The van der Waals surface area contributed by atoms with Crippen LogP contribution in [0.15, 0.2) is 24.7 Å². The fourth-order valence-electron chi connectivity index (χ4n) is 4.05. The number of rotatable bonds is 4. The predicted octanol–water partition coefficient (Wildman–Crippen LogP) is 2.67. The summed E-state index contributed by atoms with van der Waals surface area (Å²) in [7, 11) is 4.08. The molecular weight excluding hydrogens is 298 g/mol. The third-order valence-corrected chi connectivity index (χ3v) is 5.38. The van der Waals surface area contributed by atoms with Gasteiger partial charge in [-0.2, -0.15) is 0 Å². The molecule has 5 nitrogen and oxygen atoms in total. The molecule has 0 N–H and O–H groups in total. The number of pyridine rings is 1. The van der Waals surface area contributed by atoms with Crippen LogP contribution in [0.1, 0.15) is 42.3 Å². The highest BCUT2D eigenvalue weighted by Crippen LogP contribution is 2.29. The maximum atomic E-state index is 4.67.